The Morgan fingerprint density at radius 1 is 1.20 bits per heavy atom. The molecule has 2 nitrogen and oxygen atoms in total. The Kier molecular flexibility index (Phi) is 3.35. The highest BCUT2D eigenvalue weighted by molar-refractivity contribution is 5.78. The molecule has 2 N–H and O–H groups in total. The van der Waals surface area contributed by atoms with E-state index in [1.54, 1.807) is 0 Å². The lowest BCUT2D eigenvalue weighted by Gasteiger charge is -2.33. The van der Waals surface area contributed by atoms with Crippen molar-refractivity contribution in [2.75, 3.05) is 0 Å². The minimum Gasteiger partial charge on any atom is -0.324 e. The van der Waals surface area contributed by atoms with Crippen molar-refractivity contribution in [1.29, 1.82) is 0 Å². The van der Waals surface area contributed by atoms with Crippen LogP contribution in [0.3, 0.4) is 0 Å². The van der Waals surface area contributed by atoms with E-state index < -0.39 is 0 Å². The summed E-state index contributed by atoms with van der Waals surface area (Å²) in [6, 6.07) is 12.7. The molecule has 0 bridgehead atoms. The van der Waals surface area contributed by atoms with Gasteiger partial charge in [0.1, 0.15) is 0 Å². The average molecular weight is 266 g/mol. The van der Waals surface area contributed by atoms with E-state index in [2.05, 4.69) is 50.3 Å². The number of benzene rings is 1. The Bertz CT molecular complexity index is 655. The minimum atomic E-state index is 0.189. The topological polar surface area (TPSA) is 38.9 Å². The predicted molar refractivity (Wildman–Crippen MR) is 84.5 cm³/mol. The third kappa shape index (κ3) is 2.91. The first-order valence-corrected chi connectivity index (χ1v) is 7.32. The second-order valence-electron chi connectivity index (χ2n) is 6.71. The summed E-state index contributed by atoms with van der Waals surface area (Å²) < 4.78 is 0. The fourth-order valence-corrected chi connectivity index (χ4v) is 3.31. The maximum Gasteiger partial charge on any atom is 0.0705 e. The number of hydrogen-bond acceptors (Lipinski definition) is 2. The van der Waals surface area contributed by atoms with Crippen LogP contribution in [-0.2, 0) is 6.42 Å². The van der Waals surface area contributed by atoms with Gasteiger partial charge < -0.3 is 5.73 Å². The summed E-state index contributed by atoms with van der Waals surface area (Å²) in [4.78, 5) is 4.76. The molecule has 0 saturated heterocycles. The summed E-state index contributed by atoms with van der Waals surface area (Å²) in [6.07, 6.45) is 5.35. The predicted octanol–water partition coefficient (Wildman–Crippen LogP) is 3.85. The molecule has 1 unspecified atom stereocenters. The van der Waals surface area contributed by atoms with Gasteiger partial charge in [-0.3, -0.25) is 4.98 Å². The Morgan fingerprint density at radius 2 is 2.00 bits per heavy atom. The van der Waals surface area contributed by atoms with Gasteiger partial charge in [0.25, 0.3) is 0 Å². The maximum atomic E-state index is 6.15. The van der Waals surface area contributed by atoms with Crippen molar-refractivity contribution in [1.82, 2.24) is 4.98 Å². The summed E-state index contributed by atoms with van der Waals surface area (Å²) in [5.74, 6) is 0. The lowest BCUT2D eigenvalue weighted by Crippen LogP contribution is -2.31. The van der Waals surface area contributed by atoms with Gasteiger partial charge in [-0.1, -0.05) is 49.8 Å². The van der Waals surface area contributed by atoms with Crippen molar-refractivity contribution in [3.63, 3.8) is 0 Å². The number of allylic oxidation sites excluding steroid dienone is 1. The van der Waals surface area contributed by atoms with Crippen LogP contribution in [0.2, 0.25) is 0 Å². The number of hydrogen-bond donors (Lipinski definition) is 1. The molecule has 0 aliphatic heterocycles. The summed E-state index contributed by atoms with van der Waals surface area (Å²) in [7, 11) is 0. The van der Waals surface area contributed by atoms with Crippen molar-refractivity contribution >= 4 is 10.9 Å². The highest BCUT2D eigenvalue weighted by Crippen LogP contribution is 2.35. The van der Waals surface area contributed by atoms with E-state index in [-0.39, 0.29) is 6.04 Å². The zero-order valence-electron chi connectivity index (χ0n) is 12.3. The first kappa shape index (κ1) is 13.3. The van der Waals surface area contributed by atoms with E-state index in [0.717, 1.165) is 30.5 Å². The Balaban J connectivity index is 1.86. The van der Waals surface area contributed by atoms with Gasteiger partial charge in [-0.05, 0) is 30.4 Å². The van der Waals surface area contributed by atoms with Crippen molar-refractivity contribution < 1.29 is 0 Å². The number of nitrogens with two attached hydrogens (primary N) is 1. The summed E-state index contributed by atoms with van der Waals surface area (Å²) in [6.45, 7) is 4.60. The number of fused-ring (bicyclic) bond motifs is 1. The normalized spacial score (nSPS) is 21.8. The number of pyridine rings is 1. The van der Waals surface area contributed by atoms with Crippen LogP contribution in [0.4, 0.5) is 0 Å². The Morgan fingerprint density at radius 3 is 2.80 bits per heavy atom. The maximum absolute atomic E-state index is 6.15. The second-order valence-corrected chi connectivity index (χ2v) is 6.71. The van der Waals surface area contributed by atoms with E-state index in [4.69, 9.17) is 10.7 Å². The first-order valence-electron chi connectivity index (χ1n) is 7.32. The largest absolute Gasteiger partial charge is 0.324 e. The van der Waals surface area contributed by atoms with Gasteiger partial charge >= 0.3 is 0 Å². The second kappa shape index (κ2) is 5.02. The quantitative estimate of drug-likeness (QED) is 0.838. The van der Waals surface area contributed by atoms with Crippen LogP contribution in [0.1, 0.15) is 32.4 Å². The number of rotatable bonds is 2. The zero-order chi connectivity index (χ0) is 14.2. The van der Waals surface area contributed by atoms with Gasteiger partial charge in [-0.2, -0.15) is 0 Å². The zero-order valence-corrected chi connectivity index (χ0v) is 12.3. The molecule has 0 saturated carbocycles. The molecule has 1 aliphatic carbocycles. The van der Waals surface area contributed by atoms with E-state index in [9.17, 15) is 0 Å². The van der Waals surface area contributed by atoms with E-state index in [1.807, 2.05) is 6.07 Å². The highest BCUT2D eigenvalue weighted by Gasteiger charge is 2.26. The molecule has 1 heterocycles. The monoisotopic (exact) mass is 266 g/mol. The third-order valence-electron chi connectivity index (χ3n) is 4.01. The number of nitrogens with zero attached hydrogens (tertiary/aromatic N) is 1. The van der Waals surface area contributed by atoms with Gasteiger partial charge in [-0.15, -0.1) is 0 Å². The molecule has 0 amide bonds. The van der Waals surface area contributed by atoms with Crippen LogP contribution >= 0.6 is 0 Å². The van der Waals surface area contributed by atoms with Gasteiger partial charge in [0.15, 0.2) is 0 Å². The summed E-state index contributed by atoms with van der Waals surface area (Å²) in [5, 5.41) is 1.20. The van der Waals surface area contributed by atoms with Gasteiger partial charge in [0, 0.05) is 23.5 Å². The van der Waals surface area contributed by atoms with Crippen LogP contribution in [0.5, 0.6) is 0 Å². The molecular formula is C18H22N2. The number of para-hydroxylation sites is 1. The lowest BCUT2D eigenvalue weighted by molar-refractivity contribution is 0.299. The van der Waals surface area contributed by atoms with Crippen molar-refractivity contribution in [3.05, 3.63) is 53.7 Å². The van der Waals surface area contributed by atoms with E-state index >= 15 is 0 Å². The van der Waals surface area contributed by atoms with Crippen molar-refractivity contribution in [2.24, 2.45) is 11.1 Å². The SMILES string of the molecule is CC1(C)CC(Cc2ccc3ccccc3n2)=CC(N)C1. The number of aromatic nitrogens is 1. The molecule has 1 aromatic heterocycles. The molecule has 20 heavy (non-hydrogen) atoms. The smallest absolute Gasteiger partial charge is 0.0705 e. The third-order valence-corrected chi connectivity index (χ3v) is 4.01. The molecule has 104 valence electrons. The lowest BCUT2D eigenvalue weighted by atomic mass is 9.74. The molecular weight excluding hydrogens is 244 g/mol. The summed E-state index contributed by atoms with van der Waals surface area (Å²) >= 11 is 0. The van der Waals surface area contributed by atoms with Crippen LogP contribution in [0.15, 0.2) is 48.0 Å². The summed E-state index contributed by atoms with van der Waals surface area (Å²) in [5.41, 5.74) is 10.1. The molecule has 0 spiro atoms. The van der Waals surface area contributed by atoms with Crippen LogP contribution in [-0.4, -0.2) is 11.0 Å². The molecule has 0 fully saturated rings. The van der Waals surface area contributed by atoms with E-state index in [0.29, 0.717) is 5.41 Å². The fraction of sp³-hybridized carbons (Fsp3) is 0.389. The van der Waals surface area contributed by atoms with Crippen LogP contribution in [0, 0.1) is 5.41 Å². The first-order chi connectivity index (χ1) is 9.52. The van der Waals surface area contributed by atoms with E-state index in [1.165, 1.54) is 11.0 Å². The minimum absolute atomic E-state index is 0.189. The van der Waals surface area contributed by atoms with Crippen molar-refractivity contribution in [3.8, 4) is 0 Å². The van der Waals surface area contributed by atoms with Gasteiger partial charge in [-0.25, -0.2) is 0 Å². The van der Waals surface area contributed by atoms with Crippen LogP contribution < -0.4 is 5.73 Å². The molecule has 0 radical (unpaired) electrons. The average Bonchev–Trinajstić information content (AvgIpc) is 2.36. The Labute approximate surface area is 120 Å². The molecule has 1 atom stereocenters. The molecule has 2 heteroatoms. The highest BCUT2D eigenvalue weighted by atomic mass is 14.7. The fourth-order valence-electron chi connectivity index (χ4n) is 3.31. The van der Waals surface area contributed by atoms with Crippen molar-refractivity contribution in [2.45, 2.75) is 39.2 Å². The van der Waals surface area contributed by atoms with Gasteiger partial charge in [0.2, 0.25) is 0 Å². The molecule has 2 aromatic rings. The molecule has 1 aliphatic rings. The van der Waals surface area contributed by atoms with Crippen LogP contribution in [0.25, 0.3) is 10.9 Å². The molecule has 3 rings (SSSR count). The molecule has 1 aromatic carbocycles. The standard InChI is InChI=1S/C18H22N2/c1-18(2)11-13(9-15(19)12-18)10-16-8-7-14-5-3-4-6-17(14)20-16/h3-9,15H,10-12,19H2,1-2H3. The van der Waals surface area contributed by atoms with Gasteiger partial charge in [0.05, 0.1) is 5.52 Å². The Hall–Kier alpha value is -1.67.